The minimum atomic E-state index is -3.65. The molecule has 5 nitrogen and oxygen atoms in total. The fourth-order valence-corrected chi connectivity index (χ4v) is 2.17. The molecule has 94 valence electrons. The summed E-state index contributed by atoms with van der Waals surface area (Å²) >= 11 is 5.68. The first-order valence-electron chi connectivity index (χ1n) is 5.02. The lowest BCUT2D eigenvalue weighted by atomic mass is 10.4. The predicted molar refractivity (Wildman–Crippen MR) is 70.2 cm³/mol. The molecular weight excluding hydrogens is 274 g/mol. The van der Waals surface area contributed by atoms with E-state index in [0.29, 0.717) is 10.7 Å². The maximum absolute atomic E-state index is 11.8. The van der Waals surface area contributed by atoms with Gasteiger partial charge < -0.3 is 4.98 Å². The Morgan fingerprint density at radius 1 is 1.22 bits per heavy atom. The second-order valence-electron chi connectivity index (χ2n) is 3.43. The number of aromatic nitrogens is 1. The first kappa shape index (κ1) is 12.7. The Bertz CT molecular complexity index is 633. The molecule has 0 aliphatic rings. The van der Waals surface area contributed by atoms with Gasteiger partial charge in [-0.15, -0.1) is 0 Å². The highest BCUT2D eigenvalue weighted by molar-refractivity contribution is 7.89. The predicted octanol–water partition coefficient (Wildman–Crippen LogP) is 1.98. The van der Waals surface area contributed by atoms with Crippen LogP contribution in [0, 0.1) is 0 Å². The molecule has 1 aromatic carbocycles. The van der Waals surface area contributed by atoms with Gasteiger partial charge in [-0.1, -0.05) is 11.6 Å². The van der Waals surface area contributed by atoms with Crippen molar-refractivity contribution in [2.24, 2.45) is 5.10 Å². The van der Waals surface area contributed by atoms with Crippen molar-refractivity contribution < 1.29 is 8.42 Å². The third kappa shape index (κ3) is 3.12. The first-order valence-corrected chi connectivity index (χ1v) is 6.88. The van der Waals surface area contributed by atoms with Gasteiger partial charge >= 0.3 is 0 Å². The number of hydrogen-bond donors (Lipinski definition) is 2. The van der Waals surface area contributed by atoms with Crippen molar-refractivity contribution in [1.82, 2.24) is 9.82 Å². The van der Waals surface area contributed by atoms with Crippen molar-refractivity contribution >= 4 is 27.8 Å². The lowest BCUT2D eigenvalue weighted by molar-refractivity contribution is 0.584. The zero-order valence-corrected chi connectivity index (χ0v) is 10.7. The van der Waals surface area contributed by atoms with Crippen LogP contribution in [0.25, 0.3) is 0 Å². The second kappa shape index (κ2) is 5.24. The summed E-state index contributed by atoms with van der Waals surface area (Å²) in [6.45, 7) is 0. The van der Waals surface area contributed by atoms with Crippen molar-refractivity contribution in [2.75, 3.05) is 0 Å². The minimum absolute atomic E-state index is 0.107. The van der Waals surface area contributed by atoms with Gasteiger partial charge in [-0.05, 0) is 36.4 Å². The number of aromatic amines is 1. The van der Waals surface area contributed by atoms with Crippen LogP contribution in [-0.4, -0.2) is 19.6 Å². The topological polar surface area (TPSA) is 74.3 Å². The van der Waals surface area contributed by atoms with Gasteiger partial charge in [-0.2, -0.15) is 13.5 Å². The highest BCUT2D eigenvalue weighted by Crippen LogP contribution is 2.13. The van der Waals surface area contributed by atoms with Crippen LogP contribution < -0.4 is 4.83 Å². The Kier molecular flexibility index (Phi) is 3.69. The van der Waals surface area contributed by atoms with Crippen molar-refractivity contribution in [3.05, 3.63) is 53.3 Å². The minimum Gasteiger partial charge on any atom is -0.360 e. The van der Waals surface area contributed by atoms with E-state index in [9.17, 15) is 8.42 Å². The molecule has 0 spiro atoms. The van der Waals surface area contributed by atoms with Gasteiger partial charge in [0.15, 0.2) is 0 Å². The summed E-state index contributed by atoms with van der Waals surface area (Å²) in [6, 6.07) is 9.38. The fraction of sp³-hybridized carbons (Fsp3) is 0. The van der Waals surface area contributed by atoms with E-state index in [1.54, 1.807) is 18.3 Å². The van der Waals surface area contributed by atoms with Crippen LogP contribution >= 0.6 is 11.6 Å². The number of hydrogen-bond acceptors (Lipinski definition) is 3. The standard InChI is InChI=1S/C11H10ClN3O2S/c12-9-3-5-11(6-4-9)18(16,17)15-14-8-10-2-1-7-13-10/h1-8,13,15H. The summed E-state index contributed by atoms with van der Waals surface area (Å²) in [5.74, 6) is 0. The number of H-pyrrole nitrogens is 1. The van der Waals surface area contributed by atoms with Gasteiger partial charge in [0, 0.05) is 11.2 Å². The lowest BCUT2D eigenvalue weighted by Gasteiger charge is -2.02. The Morgan fingerprint density at radius 2 is 1.94 bits per heavy atom. The van der Waals surface area contributed by atoms with Gasteiger partial charge in [0.05, 0.1) is 16.8 Å². The average Bonchev–Trinajstić information content (AvgIpc) is 2.82. The van der Waals surface area contributed by atoms with Crippen LogP contribution in [0.5, 0.6) is 0 Å². The molecule has 0 saturated heterocycles. The van der Waals surface area contributed by atoms with Crippen LogP contribution in [0.3, 0.4) is 0 Å². The largest absolute Gasteiger partial charge is 0.360 e. The summed E-state index contributed by atoms with van der Waals surface area (Å²) in [4.78, 5) is 5.09. The summed E-state index contributed by atoms with van der Waals surface area (Å²) in [5, 5.41) is 4.13. The molecule has 1 heterocycles. The summed E-state index contributed by atoms with van der Waals surface area (Å²) in [6.07, 6.45) is 3.10. The fourth-order valence-electron chi connectivity index (χ4n) is 1.26. The monoisotopic (exact) mass is 283 g/mol. The number of sulfonamides is 1. The zero-order chi connectivity index (χ0) is 13.0. The molecular formula is C11H10ClN3O2S. The molecule has 7 heteroatoms. The zero-order valence-electron chi connectivity index (χ0n) is 9.17. The van der Waals surface area contributed by atoms with Crippen LogP contribution in [-0.2, 0) is 10.0 Å². The van der Waals surface area contributed by atoms with Gasteiger partial charge in [-0.25, -0.2) is 4.83 Å². The summed E-state index contributed by atoms with van der Waals surface area (Å²) in [7, 11) is -3.65. The van der Waals surface area contributed by atoms with E-state index in [0.717, 1.165) is 0 Å². The SMILES string of the molecule is O=S(=O)(NN=Cc1ccc[nH]1)c1ccc(Cl)cc1. The number of rotatable bonds is 4. The molecule has 0 saturated carbocycles. The third-order valence-electron chi connectivity index (χ3n) is 2.12. The van der Waals surface area contributed by atoms with Crippen molar-refractivity contribution in [1.29, 1.82) is 0 Å². The van der Waals surface area contributed by atoms with Gasteiger partial charge in [0.25, 0.3) is 10.0 Å². The Morgan fingerprint density at radius 3 is 2.56 bits per heavy atom. The molecule has 0 aliphatic carbocycles. The van der Waals surface area contributed by atoms with E-state index in [1.807, 2.05) is 0 Å². The maximum Gasteiger partial charge on any atom is 0.276 e. The number of halogens is 1. The highest BCUT2D eigenvalue weighted by atomic mass is 35.5. The first-order chi connectivity index (χ1) is 8.58. The van der Waals surface area contributed by atoms with E-state index in [2.05, 4.69) is 14.9 Å². The van der Waals surface area contributed by atoms with Crippen LogP contribution in [0.1, 0.15) is 5.69 Å². The summed E-state index contributed by atoms with van der Waals surface area (Å²) < 4.78 is 23.6. The number of nitrogens with one attached hydrogen (secondary N) is 2. The number of hydrazone groups is 1. The van der Waals surface area contributed by atoms with Gasteiger partial charge in [0.2, 0.25) is 0 Å². The lowest BCUT2D eigenvalue weighted by Crippen LogP contribution is -2.18. The van der Waals surface area contributed by atoms with Gasteiger partial charge in [0.1, 0.15) is 0 Å². The average molecular weight is 284 g/mol. The van der Waals surface area contributed by atoms with E-state index < -0.39 is 10.0 Å². The van der Waals surface area contributed by atoms with Crippen LogP contribution in [0.4, 0.5) is 0 Å². The van der Waals surface area contributed by atoms with Crippen molar-refractivity contribution in [3.8, 4) is 0 Å². The number of nitrogens with zero attached hydrogens (tertiary/aromatic N) is 1. The van der Waals surface area contributed by atoms with Gasteiger partial charge in [-0.3, -0.25) is 0 Å². The van der Waals surface area contributed by atoms with E-state index in [4.69, 9.17) is 11.6 Å². The molecule has 0 atom stereocenters. The smallest absolute Gasteiger partial charge is 0.276 e. The molecule has 0 fully saturated rings. The molecule has 2 aromatic rings. The van der Waals surface area contributed by atoms with Crippen LogP contribution in [0.2, 0.25) is 5.02 Å². The Labute approximate surface area is 110 Å². The van der Waals surface area contributed by atoms with E-state index in [-0.39, 0.29) is 4.90 Å². The third-order valence-corrected chi connectivity index (χ3v) is 3.61. The molecule has 1 aromatic heterocycles. The van der Waals surface area contributed by atoms with Crippen molar-refractivity contribution in [3.63, 3.8) is 0 Å². The van der Waals surface area contributed by atoms with Crippen LogP contribution in [0.15, 0.2) is 52.6 Å². The summed E-state index contributed by atoms with van der Waals surface area (Å²) in [5.41, 5.74) is 0.703. The molecule has 2 N–H and O–H groups in total. The van der Waals surface area contributed by atoms with Crippen molar-refractivity contribution in [2.45, 2.75) is 4.90 Å². The number of benzene rings is 1. The highest BCUT2D eigenvalue weighted by Gasteiger charge is 2.11. The van der Waals surface area contributed by atoms with E-state index in [1.165, 1.54) is 30.5 Å². The molecule has 0 bridgehead atoms. The second-order valence-corrected chi connectivity index (χ2v) is 5.53. The molecule has 0 aliphatic heterocycles. The molecule has 0 amide bonds. The van der Waals surface area contributed by atoms with E-state index >= 15 is 0 Å². The molecule has 18 heavy (non-hydrogen) atoms. The molecule has 2 rings (SSSR count). The maximum atomic E-state index is 11.8. The normalized spacial score (nSPS) is 11.8. The molecule has 0 unspecified atom stereocenters. The molecule has 0 radical (unpaired) electrons. The Balaban J connectivity index is 2.10. The Hall–Kier alpha value is -1.79. The quantitative estimate of drug-likeness (QED) is 0.665.